The molecule has 2 aromatic carbocycles. The molecule has 0 unspecified atom stereocenters. The molecule has 0 bridgehead atoms. The highest BCUT2D eigenvalue weighted by atomic mass is 35.5. The molecule has 2 aromatic rings. The molecule has 0 aromatic heterocycles. The lowest BCUT2D eigenvalue weighted by molar-refractivity contribution is -0.145. The third-order valence-corrected chi connectivity index (χ3v) is 8.59. The van der Waals surface area contributed by atoms with Crippen molar-refractivity contribution < 1.29 is 28.7 Å². The van der Waals surface area contributed by atoms with E-state index in [-0.39, 0.29) is 43.9 Å². The minimum absolute atomic E-state index is 0.000268. The van der Waals surface area contributed by atoms with Crippen molar-refractivity contribution in [2.45, 2.75) is 76.5 Å². The Labute approximate surface area is 255 Å². The number of hydrogen-bond acceptors (Lipinski definition) is 6. The van der Waals surface area contributed by atoms with E-state index in [2.05, 4.69) is 29.8 Å². The van der Waals surface area contributed by atoms with E-state index in [4.69, 9.17) is 16.3 Å². The maximum absolute atomic E-state index is 13.8. The minimum atomic E-state index is -1.20. The number of carbonyl (C=O) groups is 5. The lowest BCUT2D eigenvalue weighted by atomic mass is 9.92. The summed E-state index contributed by atoms with van der Waals surface area (Å²) in [5, 5.41) is 8.54. The SMILES string of the molecule is CC(C)c1ccc(OCC(=O)N2Cc3ccccc3C[C@H]2C(=O)N[C@@H](C[C@@H]2CCNC2=O)C(=O)C(=O)NC2CC2)c(Cl)c1. The summed E-state index contributed by atoms with van der Waals surface area (Å²) in [5.74, 6) is -2.65. The van der Waals surface area contributed by atoms with Crippen LogP contribution in [0.1, 0.15) is 62.1 Å². The van der Waals surface area contributed by atoms with Gasteiger partial charge in [-0.3, -0.25) is 24.0 Å². The summed E-state index contributed by atoms with van der Waals surface area (Å²) >= 11 is 6.41. The Balaban J connectivity index is 1.33. The van der Waals surface area contributed by atoms with Crippen LogP contribution in [-0.2, 0) is 36.9 Å². The van der Waals surface area contributed by atoms with E-state index in [1.54, 1.807) is 12.1 Å². The van der Waals surface area contributed by atoms with Gasteiger partial charge in [0, 0.05) is 31.5 Å². The first-order chi connectivity index (χ1) is 20.6. The Morgan fingerprint density at radius 3 is 2.47 bits per heavy atom. The van der Waals surface area contributed by atoms with Crippen LogP contribution < -0.4 is 20.7 Å². The van der Waals surface area contributed by atoms with Crippen molar-refractivity contribution in [1.82, 2.24) is 20.9 Å². The van der Waals surface area contributed by atoms with E-state index in [0.29, 0.717) is 23.7 Å². The molecular formula is C32H37ClN4O6. The number of ketones is 1. The predicted octanol–water partition coefficient (Wildman–Crippen LogP) is 2.65. The average molecular weight is 609 g/mol. The van der Waals surface area contributed by atoms with Crippen LogP contribution in [0.4, 0.5) is 0 Å². The van der Waals surface area contributed by atoms with E-state index < -0.39 is 41.5 Å². The highest BCUT2D eigenvalue weighted by Crippen LogP contribution is 2.29. The summed E-state index contributed by atoms with van der Waals surface area (Å²) in [4.78, 5) is 67.0. The maximum Gasteiger partial charge on any atom is 0.289 e. The van der Waals surface area contributed by atoms with E-state index in [1.165, 1.54) is 4.90 Å². The van der Waals surface area contributed by atoms with Crippen molar-refractivity contribution in [2.75, 3.05) is 13.2 Å². The number of benzene rings is 2. The van der Waals surface area contributed by atoms with Crippen LogP contribution in [0.15, 0.2) is 42.5 Å². The quantitative estimate of drug-likeness (QED) is 0.336. The second-order valence-electron chi connectivity index (χ2n) is 11.8. The molecule has 11 heteroatoms. The molecule has 228 valence electrons. The van der Waals surface area contributed by atoms with Gasteiger partial charge in [0.1, 0.15) is 11.8 Å². The molecule has 1 saturated heterocycles. The van der Waals surface area contributed by atoms with Crippen LogP contribution in [-0.4, -0.2) is 65.6 Å². The monoisotopic (exact) mass is 608 g/mol. The van der Waals surface area contributed by atoms with Gasteiger partial charge in [0.05, 0.1) is 11.1 Å². The summed E-state index contributed by atoms with van der Waals surface area (Å²) in [6, 6.07) is 10.8. The molecule has 2 fully saturated rings. The zero-order valence-electron chi connectivity index (χ0n) is 24.4. The molecule has 4 amide bonds. The molecule has 10 nitrogen and oxygen atoms in total. The van der Waals surface area contributed by atoms with Gasteiger partial charge >= 0.3 is 0 Å². The summed E-state index contributed by atoms with van der Waals surface area (Å²) in [5.41, 5.74) is 2.85. The fourth-order valence-corrected chi connectivity index (χ4v) is 5.77. The zero-order chi connectivity index (χ0) is 30.7. The number of amides is 4. The highest BCUT2D eigenvalue weighted by molar-refractivity contribution is 6.38. The Bertz CT molecular complexity index is 1420. The number of nitrogens with one attached hydrogen (secondary N) is 3. The first kappa shape index (κ1) is 30.5. The number of carbonyl (C=O) groups excluding carboxylic acids is 5. The Morgan fingerprint density at radius 2 is 1.81 bits per heavy atom. The first-order valence-corrected chi connectivity index (χ1v) is 15.2. The number of rotatable bonds is 11. The summed E-state index contributed by atoms with van der Waals surface area (Å²) < 4.78 is 5.79. The average Bonchev–Trinajstić information content (AvgIpc) is 3.72. The molecule has 3 atom stereocenters. The number of nitrogens with zero attached hydrogens (tertiary/aromatic N) is 1. The molecule has 0 spiro atoms. The van der Waals surface area contributed by atoms with Crippen LogP contribution >= 0.6 is 11.6 Å². The maximum atomic E-state index is 13.8. The smallest absolute Gasteiger partial charge is 0.289 e. The molecule has 2 heterocycles. The standard InChI is InChI=1S/C32H37ClN4O6/c1-18(2)19-7-10-27(24(33)13-19)43-17-28(38)37-16-22-6-4-3-5-20(22)15-26(37)31(41)36-25(14-21-11-12-34-30(21)40)29(39)32(42)35-23-8-9-23/h3-7,10,13,18,21,23,25-26H,8-9,11-12,14-17H2,1-2H3,(H,34,40)(H,35,42)(H,36,41)/t21-,25-,26-/m0/s1. The molecule has 0 radical (unpaired) electrons. The molecule has 43 heavy (non-hydrogen) atoms. The van der Waals surface area contributed by atoms with Crippen molar-refractivity contribution in [3.63, 3.8) is 0 Å². The van der Waals surface area contributed by atoms with E-state index in [1.807, 2.05) is 30.3 Å². The molecule has 1 aliphatic carbocycles. The zero-order valence-corrected chi connectivity index (χ0v) is 25.1. The van der Waals surface area contributed by atoms with Gasteiger partial charge in [-0.2, -0.15) is 0 Å². The normalized spacial score (nSPS) is 20.2. The molecule has 1 saturated carbocycles. The van der Waals surface area contributed by atoms with Crippen LogP contribution in [0, 0.1) is 5.92 Å². The number of ether oxygens (including phenoxy) is 1. The van der Waals surface area contributed by atoms with Crippen molar-refractivity contribution in [2.24, 2.45) is 5.92 Å². The van der Waals surface area contributed by atoms with Gasteiger partial charge in [-0.05, 0) is 60.4 Å². The van der Waals surface area contributed by atoms with Crippen molar-refractivity contribution >= 4 is 41.0 Å². The first-order valence-electron chi connectivity index (χ1n) is 14.8. The predicted molar refractivity (Wildman–Crippen MR) is 159 cm³/mol. The second-order valence-corrected chi connectivity index (χ2v) is 12.2. The molecule has 3 N–H and O–H groups in total. The number of Topliss-reactive ketones (excluding diaryl/α,β-unsaturated/α-hetero) is 1. The largest absolute Gasteiger partial charge is 0.482 e. The number of hydrogen-bond donors (Lipinski definition) is 3. The third kappa shape index (κ3) is 7.36. The Morgan fingerprint density at radius 1 is 1.07 bits per heavy atom. The second kappa shape index (κ2) is 13.2. The lowest BCUT2D eigenvalue weighted by Crippen LogP contribution is -2.57. The van der Waals surface area contributed by atoms with Crippen LogP contribution in [0.25, 0.3) is 0 Å². The van der Waals surface area contributed by atoms with Crippen LogP contribution in [0.5, 0.6) is 5.75 Å². The van der Waals surface area contributed by atoms with Gasteiger partial charge < -0.3 is 25.6 Å². The van der Waals surface area contributed by atoms with Gasteiger partial charge in [0.2, 0.25) is 17.6 Å². The van der Waals surface area contributed by atoms with E-state index in [9.17, 15) is 24.0 Å². The lowest BCUT2D eigenvalue weighted by Gasteiger charge is -2.36. The van der Waals surface area contributed by atoms with Crippen molar-refractivity contribution in [3.8, 4) is 5.75 Å². The summed E-state index contributed by atoms with van der Waals surface area (Å²) in [7, 11) is 0. The minimum Gasteiger partial charge on any atom is -0.482 e. The van der Waals surface area contributed by atoms with Gasteiger partial charge in [0.15, 0.2) is 6.61 Å². The summed E-state index contributed by atoms with van der Waals surface area (Å²) in [6.07, 6.45) is 2.32. The third-order valence-electron chi connectivity index (χ3n) is 8.30. The highest BCUT2D eigenvalue weighted by Gasteiger charge is 2.40. The topological polar surface area (TPSA) is 134 Å². The van der Waals surface area contributed by atoms with E-state index in [0.717, 1.165) is 29.5 Å². The summed E-state index contributed by atoms with van der Waals surface area (Å²) in [6.45, 7) is 4.40. The van der Waals surface area contributed by atoms with Crippen molar-refractivity contribution in [1.29, 1.82) is 0 Å². The van der Waals surface area contributed by atoms with Gasteiger partial charge in [-0.25, -0.2) is 0 Å². The Kier molecular flexibility index (Phi) is 9.34. The van der Waals surface area contributed by atoms with Gasteiger partial charge in [-0.15, -0.1) is 0 Å². The molecular weight excluding hydrogens is 572 g/mol. The molecule has 3 aliphatic rings. The van der Waals surface area contributed by atoms with E-state index >= 15 is 0 Å². The number of halogens is 1. The van der Waals surface area contributed by atoms with Crippen LogP contribution in [0.3, 0.4) is 0 Å². The van der Waals surface area contributed by atoms with Crippen LogP contribution in [0.2, 0.25) is 5.02 Å². The van der Waals surface area contributed by atoms with Crippen molar-refractivity contribution in [3.05, 3.63) is 64.2 Å². The molecule has 5 rings (SSSR count). The fraction of sp³-hybridized carbons (Fsp3) is 0.469. The van der Waals surface area contributed by atoms with Gasteiger partial charge in [0.25, 0.3) is 11.8 Å². The van der Waals surface area contributed by atoms with Gasteiger partial charge in [-0.1, -0.05) is 55.8 Å². The fourth-order valence-electron chi connectivity index (χ4n) is 5.53. The molecule has 2 aliphatic heterocycles. The Hall–Kier alpha value is -3.92. The number of fused-ring (bicyclic) bond motifs is 1.